The van der Waals surface area contributed by atoms with E-state index in [4.69, 9.17) is 21.9 Å². The molecule has 1 aromatic heterocycles. The number of halogens is 1. The third kappa shape index (κ3) is 2.45. The van der Waals surface area contributed by atoms with Crippen molar-refractivity contribution in [3.8, 4) is 11.4 Å². The molecule has 1 heterocycles. The Morgan fingerprint density at radius 2 is 2.20 bits per heavy atom. The first-order chi connectivity index (χ1) is 9.58. The maximum atomic E-state index is 6.47. The zero-order valence-electron chi connectivity index (χ0n) is 11.5. The van der Waals surface area contributed by atoms with Gasteiger partial charge >= 0.3 is 0 Å². The summed E-state index contributed by atoms with van der Waals surface area (Å²) in [6, 6.07) is 7.47. The lowest BCUT2D eigenvalue weighted by Crippen LogP contribution is -2.41. The summed E-state index contributed by atoms with van der Waals surface area (Å²) in [7, 11) is 0. The van der Waals surface area contributed by atoms with Crippen LogP contribution >= 0.6 is 11.6 Å². The summed E-state index contributed by atoms with van der Waals surface area (Å²) >= 11 is 6.16. The standard InChI is InChI=1S/C15H18ClN3O/c1-10-5-4-8-15(17,9-10)14-18-13(19-20-14)11-6-2-3-7-12(11)16/h2-3,6-7,10H,4-5,8-9,17H2,1H3. The number of hydrogen-bond donors (Lipinski definition) is 1. The Morgan fingerprint density at radius 1 is 1.40 bits per heavy atom. The zero-order chi connectivity index (χ0) is 14.2. The van der Waals surface area contributed by atoms with E-state index >= 15 is 0 Å². The summed E-state index contributed by atoms with van der Waals surface area (Å²) in [6.45, 7) is 2.21. The molecular weight excluding hydrogens is 274 g/mol. The van der Waals surface area contributed by atoms with Gasteiger partial charge in [0.2, 0.25) is 11.7 Å². The number of aromatic nitrogens is 2. The minimum atomic E-state index is -0.496. The topological polar surface area (TPSA) is 64.9 Å². The van der Waals surface area contributed by atoms with Crippen LogP contribution in [0.15, 0.2) is 28.8 Å². The van der Waals surface area contributed by atoms with Gasteiger partial charge in [-0.05, 0) is 30.9 Å². The van der Waals surface area contributed by atoms with Crippen molar-refractivity contribution in [3.05, 3.63) is 35.2 Å². The molecule has 1 fully saturated rings. The number of rotatable bonds is 2. The predicted molar refractivity (Wildman–Crippen MR) is 78.2 cm³/mol. The monoisotopic (exact) mass is 291 g/mol. The molecule has 20 heavy (non-hydrogen) atoms. The molecule has 1 saturated carbocycles. The minimum Gasteiger partial charge on any atom is -0.337 e. The van der Waals surface area contributed by atoms with Crippen molar-refractivity contribution in [2.24, 2.45) is 11.7 Å². The van der Waals surface area contributed by atoms with Gasteiger partial charge in [0.15, 0.2) is 0 Å². The van der Waals surface area contributed by atoms with Crippen molar-refractivity contribution in [1.82, 2.24) is 10.1 Å². The molecule has 0 bridgehead atoms. The van der Waals surface area contributed by atoms with Gasteiger partial charge in [-0.3, -0.25) is 0 Å². The van der Waals surface area contributed by atoms with Crippen LogP contribution in [0.25, 0.3) is 11.4 Å². The first-order valence-electron chi connectivity index (χ1n) is 6.96. The molecule has 3 rings (SSSR count). The van der Waals surface area contributed by atoms with Crippen molar-refractivity contribution in [3.63, 3.8) is 0 Å². The molecule has 0 spiro atoms. The summed E-state index contributed by atoms with van der Waals surface area (Å²) in [5.41, 5.74) is 6.75. The average molecular weight is 292 g/mol. The Hall–Kier alpha value is -1.39. The van der Waals surface area contributed by atoms with Gasteiger partial charge in [-0.25, -0.2) is 0 Å². The number of nitrogens with zero attached hydrogens (tertiary/aromatic N) is 2. The number of benzene rings is 1. The van der Waals surface area contributed by atoms with Crippen LogP contribution in [0, 0.1) is 5.92 Å². The molecule has 2 aromatic rings. The smallest absolute Gasteiger partial charge is 0.247 e. The Labute approximate surface area is 123 Å². The fourth-order valence-corrected chi connectivity index (χ4v) is 3.18. The Kier molecular flexibility index (Phi) is 3.52. The van der Waals surface area contributed by atoms with Gasteiger partial charge < -0.3 is 10.3 Å². The Balaban J connectivity index is 1.92. The molecule has 2 atom stereocenters. The van der Waals surface area contributed by atoms with Crippen molar-refractivity contribution in [1.29, 1.82) is 0 Å². The molecule has 0 saturated heterocycles. The first-order valence-corrected chi connectivity index (χ1v) is 7.34. The second-order valence-electron chi connectivity index (χ2n) is 5.76. The summed E-state index contributed by atoms with van der Waals surface area (Å²) < 4.78 is 5.42. The van der Waals surface area contributed by atoms with Gasteiger partial charge in [-0.1, -0.05) is 48.7 Å². The fraction of sp³-hybridized carbons (Fsp3) is 0.467. The molecule has 106 valence electrons. The van der Waals surface area contributed by atoms with Crippen LogP contribution in [0.4, 0.5) is 0 Å². The highest BCUT2D eigenvalue weighted by atomic mass is 35.5. The van der Waals surface area contributed by atoms with Crippen LogP contribution in [0.3, 0.4) is 0 Å². The lowest BCUT2D eigenvalue weighted by Gasteiger charge is -2.33. The minimum absolute atomic E-state index is 0.496. The third-order valence-electron chi connectivity index (χ3n) is 4.00. The average Bonchev–Trinajstić information content (AvgIpc) is 2.89. The fourth-order valence-electron chi connectivity index (χ4n) is 2.96. The zero-order valence-corrected chi connectivity index (χ0v) is 12.2. The SMILES string of the molecule is CC1CCCC(N)(c2nc(-c3ccccc3Cl)no2)C1. The van der Waals surface area contributed by atoms with Crippen LogP contribution in [-0.4, -0.2) is 10.1 Å². The summed E-state index contributed by atoms with van der Waals surface area (Å²) in [5, 5.41) is 4.66. The highest BCUT2D eigenvalue weighted by Gasteiger charge is 2.37. The highest BCUT2D eigenvalue weighted by Crippen LogP contribution is 2.38. The van der Waals surface area contributed by atoms with Crippen molar-refractivity contribution < 1.29 is 4.52 Å². The molecule has 1 aliphatic rings. The lowest BCUT2D eigenvalue weighted by molar-refractivity contribution is 0.183. The maximum Gasteiger partial charge on any atom is 0.247 e. The van der Waals surface area contributed by atoms with Crippen molar-refractivity contribution in [2.45, 2.75) is 38.1 Å². The molecule has 1 aromatic carbocycles. The largest absolute Gasteiger partial charge is 0.337 e. The van der Waals surface area contributed by atoms with Gasteiger partial charge in [-0.2, -0.15) is 4.98 Å². The first kappa shape index (κ1) is 13.6. The van der Waals surface area contributed by atoms with E-state index in [1.165, 1.54) is 6.42 Å². The van der Waals surface area contributed by atoms with Gasteiger partial charge in [0, 0.05) is 5.56 Å². The predicted octanol–water partition coefficient (Wildman–Crippen LogP) is 3.75. The highest BCUT2D eigenvalue weighted by molar-refractivity contribution is 6.33. The van der Waals surface area contributed by atoms with E-state index < -0.39 is 5.54 Å². The van der Waals surface area contributed by atoms with Crippen molar-refractivity contribution in [2.75, 3.05) is 0 Å². The summed E-state index contributed by atoms with van der Waals surface area (Å²) in [4.78, 5) is 4.48. The Bertz CT molecular complexity index is 613. The van der Waals surface area contributed by atoms with E-state index in [0.29, 0.717) is 22.7 Å². The van der Waals surface area contributed by atoms with Crippen LogP contribution in [-0.2, 0) is 5.54 Å². The van der Waals surface area contributed by atoms with E-state index in [1.54, 1.807) is 0 Å². The molecule has 0 aliphatic heterocycles. The van der Waals surface area contributed by atoms with E-state index in [1.807, 2.05) is 24.3 Å². The molecule has 2 N–H and O–H groups in total. The normalized spacial score (nSPS) is 26.6. The van der Waals surface area contributed by atoms with E-state index in [-0.39, 0.29) is 0 Å². The third-order valence-corrected chi connectivity index (χ3v) is 4.33. The number of hydrogen-bond acceptors (Lipinski definition) is 4. The quantitative estimate of drug-likeness (QED) is 0.915. The van der Waals surface area contributed by atoms with Gasteiger partial charge in [0.25, 0.3) is 0 Å². The molecule has 1 aliphatic carbocycles. The second kappa shape index (κ2) is 5.19. The van der Waals surface area contributed by atoms with E-state index in [2.05, 4.69) is 17.1 Å². The van der Waals surface area contributed by atoms with Gasteiger partial charge in [0.1, 0.15) is 0 Å². The molecule has 0 amide bonds. The lowest BCUT2D eigenvalue weighted by atomic mass is 9.77. The molecular formula is C15H18ClN3O. The molecule has 0 radical (unpaired) electrons. The molecule has 4 nitrogen and oxygen atoms in total. The second-order valence-corrected chi connectivity index (χ2v) is 6.17. The summed E-state index contributed by atoms with van der Waals surface area (Å²) in [6.07, 6.45) is 4.09. The van der Waals surface area contributed by atoms with E-state index in [0.717, 1.165) is 24.8 Å². The van der Waals surface area contributed by atoms with Gasteiger partial charge in [-0.15, -0.1) is 0 Å². The molecule has 2 unspecified atom stereocenters. The van der Waals surface area contributed by atoms with Gasteiger partial charge in [0.05, 0.1) is 10.6 Å². The number of nitrogens with two attached hydrogens (primary N) is 1. The molecule has 5 heteroatoms. The van der Waals surface area contributed by atoms with Crippen LogP contribution in [0.5, 0.6) is 0 Å². The van der Waals surface area contributed by atoms with Crippen LogP contribution in [0.1, 0.15) is 38.5 Å². The van der Waals surface area contributed by atoms with Crippen molar-refractivity contribution >= 4 is 11.6 Å². The van der Waals surface area contributed by atoms with Crippen LogP contribution < -0.4 is 5.73 Å². The maximum absolute atomic E-state index is 6.47. The van der Waals surface area contributed by atoms with Crippen LogP contribution in [0.2, 0.25) is 5.02 Å². The van der Waals surface area contributed by atoms with E-state index in [9.17, 15) is 0 Å². The summed E-state index contributed by atoms with van der Waals surface area (Å²) in [5.74, 6) is 1.62. The Morgan fingerprint density at radius 3 is 2.95 bits per heavy atom.